The zero-order chi connectivity index (χ0) is 18.6. The third kappa shape index (κ3) is 5.09. The van der Waals surface area contributed by atoms with Crippen molar-refractivity contribution in [2.75, 3.05) is 18.6 Å². The molecule has 0 fully saturated rings. The number of nitrogens with one attached hydrogen (secondary N) is 2. The van der Waals surface area contributed by atoms with Crippen LogP contribution in [0.4, 0.5) is 0 Å². The monoisotopic (exact) mass is 390 g/mol. The Morgan fingerprint density at radius 1 is 1.15 bits per heavy atom. The Hall–Kier alpha value is -1.83. The van der Waals surface area contributed by atoms with Gasteiger partial charge in [0.2, 0.25) is 10.0 Å². The maximum Gasteiger partial charge on any atom is 0.251 e. The molecule has 138 valence electrons. The van der Waals surface area contributed by atoms with Crippen molar-refractivity contribution >= 4 is 27.7 Å². The molecule has 1 atom stereocenters. The minimum atomic E-state index is -3.17. The lowest BCUT2D eigenvalue weighted by Gasteiger charge is -2.25. The topological polar surface area (TPSA) is 75.3 Å². The first-order valence-electron chi connectivity index (χ1n) is 8.48. The predicted octanol–water partition coefficient (Wildman–Crippen LogP) is 2.75. The maximum atomic E-state index is 12.6. The lowest BCUT2D eigenvalue weighted by Crippen LogP contribution is -2.30. The molecule has 0 aliphatic carbocycles. The van der Waals surface area contributed by atoms with Gasteiger partial charge in [-0.15, -0.1) is 11.8 Å². The van der Waals surface area contributed by atoms with Crippen LogP contribution in [-0.4, -0.2) is 32.9 Å². The summed E-state index contributed by atoms with van der Waals surface area (Å²) in [5.74, 6) is 0.909. The Morgan fingerprint density at radius 3 is 2.62 bits per heavy atom. The van der Waals surface area contributed by atoms with Crippen molar-refractivity contribution in [3.05, 3.63) is 65.2 Å². The Labute approximate surface area is 158 Å². The lowest BCUT2D eigenvalue weighted by atomic mass is 10.0. The van der Waals surface area contributed by atoms with Gasteiger partial charge in [-0.1, -0.05) is 30.3 Å². The normalized spacial score (nSPS) is 16.7. The zero-order valence-electron chi connectivity index (χ0n) is 14.6. The standard InChI is InChI=1S/C19H22N2O3S2/c1-26(23,24)20-12-10-14-6-8-15(9-7-14)19(22)21-17-11-13-25-18-5-3-2-4-16(17)18/h2-9,17,20H,10-13H2,1H3,(H,21,22)/t17-/m0/s1. The molecular weight excluding hydrogens is 368 g/mol. The van der Waals surface area contributed by atoms with E-state index in [2.05, 4.69) is 22.2 Å². The first-order chi connectivity index (χ1) is 12.4. The number of thioether (sulfide) groups is 1. The summed E-state index contributed by atoms with van der Waals surface area (Å²) >= 11 is 1.83. The Balaban J connectivity index is 1.61. The molecule has 0 aromatic heterocycles. The molecule has 0 unspecified atom stereocenters. The number of rotatable bonds is 6. The molecule has 1 heterocycles. The van der Waals surface area contributed by atoms with E-state index in [-0.39, 0.29) is 11.9 Å². The van der Waals surface area contributed by atoms with Crippen molar-refractivity contribution in [3.8, 4) is 0 Å². The van der Waals surface area contributed by atoms with Crippen LogP contribution in [-0.2, 0) is 16.4 Å². The quantitative estimate of drug-likeness (QED) is 0.795. The highest BCUT2D eigenvalue weighted by atomic mass is 32.2. The number of fused-ring (bicyclic) bond motifs is 1. The number of hydrogen-bond donors (Lipinski definition) is 2. The molecule has 0 bridgehead atoms. The van der Waals surface area contributed by atoms with Crippen LogP contribution in [0.5, 0.6) is 0 Å². The molecule has 2 aromatic carbocycles. The van der Waals surface area contributed by atoms with Crippen LogP contribution in [0.2, 0.25) is 0 Å². The number of carbonyl (C=O) groups is 1. The van der Waals surface area contributed by atoms with Crippen LogP contribution in [0, 0.1) is 0 Å². The van der Waals surface area contributed by atoms with Gasteiger partial charge in [0, 0.05) is 22.8 Å². The fourth-order valence-electron chi connectivity index (χ4n) is 2.94. The molecule has 0 radical (unpaired) electrons. The van der Waals surface area contributed by atoms with Crippen LogP contribution >= 0.6 is 11.8 Å². The first-order valence-corrected chi connectivity index (χ1v) is 11.4. The number of amides is 1. The minimum Gasteiger partial charge on any atom is -0.345 e. The van der Waals surface area contributed by atoms with Crippen LogP contribution in [0.25, 0.3) is 0 Å². The van der Waals surface area contributed by atoms with Gasteiger partial charge in [0.05, 0.1) is 12.3 Å². The summed E-state index contributed by atoms with van der Waals surface area (Å²) in [4.78, 5) is 13.8. The van der Waals surface area contributed by atoms with E-state index in [1.54, 1.807) is 12.1 Å². The van der Waals surface area contributed by atoms with Crippen molar-refractivity contribution in [2.24, 2.45) is 0 Å². The summed E-state index contributed by atoms with van der Waals surface area (Å²) in [6.45, 7) is 0.348. The Bertz CT molecular complexity index is 880. The molecule has 2 N–H and O–H groups in total. The average molecular weight is 391 g/mol. The zero-order valence-corrected chi connectivity index (χ0v) is 16.2. The molecule has 2 aromatic rings. The summed E-state index contributed by atoms with van der Waals surface area (Å²) < 4.78 is 24.6. The lowest BCUT2D eigenvalue weighted by molar-refractivity contribution is 0.0935. The van der Waals surface area contributed by atoms with Gasteiger partial charge < -0.3 is 5.32 Å². The van der Waals surface area contributed by atoms with Gasteiger partial charge in [-0.25, -0.2) is 13.1 Å². The largest absolute Gasteiger partial charge is 0.345 e. The van der Waals surface area contributed by atoms with Crippen molar-refractivity contribution in [2.45, 2.75) is 23.8 Å². The molecule has 7 heteroatoms. The second-order valence-corrected chi connectivity index (χ2v) is 9.28. The van der Waals surface area contributed by atoms with Crippen molar-refractivity contribution in [1.82, 2.24) is 10.0 Å². The third-order valence-electron chi connectivity index (χ3n) is 4.26. The molecule has 0 saturated carbocycles. The van der Waals surface area contributed by atoms with Crippen molar-refractivity contribution < 1.29 is 13.2 Å². The van der Waals surface area contributed by atoms with Crippen LogP contribution in [0.3, 0.4) is 0 Å². The van der Waals surface area contributed by atoms with E-state index in [0.29, 0.717) is 18.5 Å². The fraction of sp³-hybridized carbons (Fsp3) is 0.316. The maximum absolute atomic E-state index is 12.6. The molecular formula is C19H22N2O3S2. The fourth-order valence-corrected chi connectivity index (χ4v) is 4.54. The Morgan fingerprint density at radius 2 is 1.88 bits per heavy atom. The van der Waals surface area contributed by atoms with Gasteiger partial charge >= 0.3 is 0 Å². The molecule has 1 amide bonds. The summed E-state index contributed by atoms with van der Waals surface area (Å²) in [6, 6.07) is 15.5. The van der Waals surface area contributed by atoms with Gasteiger partial charge in [-0.05, 0) is 42.2 Å². The molecule has 1 aliphatic rings. The summed E-state index contributed by atoms with van der Waals surface area (Å²) in [5, 5.41) is 3.13. The number of sulfonamides is 1. The van der Waals surface area contributed by atoms with Gasteiger partial charge in [-0.2, -0.15) is 0 Å². The molecule has 26 heavy (non-hydrogen) atoms. The predicted molar refractivity (Wildman–Crippen MR) is 105 cm³/mol. The second kappa shape index (κ2) is 8.24. The van der Waals surface area contributed by atoms with E-state index in [1.165, 1.54) is 10.5 Å². The molecule has 0 spiro atoms. The van der Waals surface area contributed by atoms with Crippen LogP contribution in [0.15, 0.2) is 53.4 Å². The summed E-state index contributed by atoms with van der Waals surface area (Å²) in [5.41, 5.74) is 2.78. The second-order valence-electron chi connectivity index (χ2n) is 6.31. The summed E-state index contributed by atoms with van der Waals surface area (Å²) in [6.07, 6.45) is 2.65. The van der Waals surface area contributed by atoms with E-state index in [0.717, 1.165) is 24.0 Å². The smallest absolute Gasteiger partial charge is 0.251 e. The highest BCUT2D eigenvalue weighted by Crippen LogP contribution is 2.35. The SMILES string of the molecule is CS(=O)(=O)NCCc1ccc(C(=O)N[C@H]2CCSc3ccccc32)cc1. The van der Waals surface area contributed by atoms with Crippen molar-refractivity contribution in [1.29, 1.82) is 0 Å². The van der Waals surface area contributed by atoms with Gasteiger partial charge in [0.25, 0.3) is 5.91 Å². The molecule has 5 nitrogen and oxygen atoms in total. The highest BCUT2D eigenvalue weighted by Gasteiger charge is 2.22. The van der Waals surface area contributed by atoms with Crippen molar-refractivity contribution in [3.63, 3.8) is 0 Å². The van der Waals surface area contributed by atoms with Crippen LogP contribution in [0.1, 0.15) is 33.9 Å². The number of benzene rings is 2. The Kier molecular flexibility index (Phi) is 6.01. The van der Waals surface area contributed by atoms with E-state index >= 15 is 0 Å². The van der Waals surface area contributed by atoms with Gasteiger partial charge in [-0.3, -0.25) is 4.79 Å². The molecule has 0 saturated heterocycles. The molecule has 1 aliphatic heterocycles. The van der Waals surface area contributed by atoms with Gasteiger partial charge in [0.15, 0.2) is 0 Å². The highest BCUT2D eigenvalue weighted by molar-refractivity contribution is 7.99. The van der Waals surface area contributed by atoms with E-state index < -0.39 is 10.0 Å². The average Bonchev–Trinajstić information content (AvgIpc) is 2.61. The molecule has 3 rings (SSSR count). The van der Waals surface area contributed by atoms with Crippen LogP contribution < -0.4 is 10.0 Å². The van der Waals surface area contributed by atoms with Gasteiger partial charge in [0.1, 0.15) is 0 Å². The number of carbonyl (C=O) groups excluding carboxylic acids is 1. The van der Waals surface area contributed by atoms with E-state index in [9.17, 15) is 13.2 Å². The first kappa shape index (κ1) is 18.9. The minimum absolute atomic E-state index is 0.0404. The number of hydrogen-bond acceptors (Lipinski definition) is 4. The van der Waals surface area contributed by atoms with E-state index in [4.69, 9.17) is 0 Å². The summed E-state index contributed by atoms with van der Waals surface area (Å²) in [7, 11) is -3.17. The van der Waals surface area contributed by atoms with E-state index in [1.807, 2.05) is 36.0 Å². The third-order valence-corrected chi connectivity index (χ3v) is 6.11.